The van der Waals surface area contributed by atoms with E-state index < -0.39 is 17.5 Å². The Balaban J connectivity index is 1.22. The summed E-state index contributed by atoms with van der Waals surface area (Å²) < 4.78 is 32.4. The van der Waals surface area contributed by atoms with Crippen molar-refractivity contribution in [3.05, 3.63) is 35.4 Å². The van der Waals surface area contributed by atoms with Gasteiger partial charge in [-0.3, -0.25) is 19.3 Å². The Labute approximate surface area is 192 Å². The lowest BCUT2D eigenvalue weighted by Gasteiger charge is -2.39. The quantitative estimate of drug-likeness (QED) is 0.660. The smallest absolute Gasteiger partial charge is 0.256 e. The molecule has 8 nitrogen and oxygen atoms in total. The molecule has 0 aromatic heterocycles. The van der Waals surface area contributed by atoms with Crippen LogP contribution in [-0.2, 0) is 14.3 Å². The molecule has 3 aliphatic heterocycles. The maximum absolute atomic E-state index is 13.9. The average Bonchev–Trinajstić information content (AvgIpc) is 2.84. The zero-order valence-corrected chi connectivity index (χ0v) is 18.7. The van der Waals surface area contributed by atoms with E-state index in [1.165, 1.54) is 4.90 Å². The number of nitrogens with zero attached hydrogens (tertiary/aromatic N) is 4. The Morgan fingerprint density at radius 2 is 1.48 bits per heavy atom. The van der Waals surface area contributed by atoms with Gasteiger partial charge in [-0.2, -0.15) is 0 Å². The summed E-state index contributed by atoms with van der Waals surface area (Å²) in [5, 5.41) is 0. The van der Waals surface area contributed by atoms with Crippen LogP contribution < -0.4 is 0 Å². The molecule has 3 amide bonds. The van der Waals surface area contributed by atoms with Gasteiger partial charge in [0.2, 0.25) is 11.8 Å². The predicted molar refractivity (Wildman–Crippen MR) is 115 cm³/mol. The first-order valence-corrected chi connectivity index (χ1v) is 11.5. The number of hydrogen-bond donors (Lipinski definition) is 0. The van der Waals surface area contributed by atoms with Gasteiger partial charge in [-0.25, -0.2) is 8.78 Å². The highest BCUT2D eigenvalue weighted by molar-refractivity contribution is 5.94. The number of benzene rings is 1. The van der Waals surface area contributed by atoms with Gasteiger partial charge in [0.25, 0.3) is 5.91 Å². The summed E-state index contributed by atoms with van der Waals surface area (Å²) >= 11 is 0. The van der Waals surface area contributed by atoms with E-state index in [1.54, 1.807) is 4.90 Å². The van der Waals surface area contributed by atoms with Crippen molar-refractivity contribution in [1.29, 1.82) is 0 Å². The summed E-state index contributed by atoms with van der Waals surface area (Å²) in [5.41, 5.74) is -0.154. The minimum atomic E-state index is -0.876. The van der Waals surface area contributed by atoms with Crippen LogP contribution in [0, 0.1) is 17.6 Å². The lowest BCUT2D eigenvalue weighted by atomic mass is 9.94. The predicted octanol–water partition coefficient (Wildman–Crippen LogP) is 0.820. The number of hydrogen-bond acceptors (Lipinski definition) is 5. The second-order valence-corrected chi connectivity index (χ2v) is 8.79. The number of piperidine rings is 1. The van der Waals surface area contributed by atoms with E-state index in [0.29, 0.717) is 77.9 Å². The number of halogens is 2. The average molecular weight is 465 g/mol. The Bertz CT molecular complexity index is 877. The van der Waals surface area contributed by atoms with Crippen molar-refractivity contribution in [1.82, 2.24) is 19.6 Å². The molecule has 0 bridgehead atoms. The summed E-state index contributed by atoms with van der Waals surface area (Å²) in [4.78, 5) is 45.3. The second kappa shape index (κ2) is 10.6. The van der Waals surface area contributed by atoms with Gasteiger partial charge >= 0.3 is 0 Å². The SMILES string of the molecule is O=C(CN1CCOCC1)N1CCN(C(=O)C2CCN(C(=O)c3ccc(F)cc3F)CC2)CC1. The molecule has 3 fully saturated rings. The van der Waals surface area contributed by atoms with Crippen LogP contribution >= 0.6 is 0 Å². The van der Waals surface area contributed by atoms with Crippen LogP contribution in [0.3, 0.4) is 0 Å². The molecule has 3 heterocycles. The zero-order valence-electron chi connectivity index (χ0n) is 18.7. The molecule has 1 aromatic rings. The minimum absolute atomic E-state index is 0.0512. The molecule has 0 aliphatic carbocycles. The molecule has 4 rings (SSSR count). The molecule has 0 spiro atoms. The van der Waals surface area contributed by atoms with Crippen molar-refractivity contribution in [3.63, 3.8) is 0 Å². The summed E-state index contributed by atoms with van der Waals surface area (Å²) in [6.45, 7) is 5.98. The summed E-state index contributed by atoms with van der Waals surface area (Å²) in [6, 6.07) is 2.93. The van der Waals surface area contributed by atoms with Gasteiger partial charge in [0, 0.05) is 64.3 Å². The number of piperazine rings is 1. The molecule has 0 atom stereocenters. The van der Waals surface area contributed by atoms with Crippen molar-refractivity contribution >= 4 is 17.7 Å². The molecule has 0 unspecified atom stereocenters. The third kappa shape index (κ3) is 5.67. The summed E-state index contributed by atoms with van der Waals surface area (Å²) in [6.07, 6.45) is 1.01. The molecule has 0 N–H and O–H groups in total. The van der Waals surface area contributed by atoms with E-state index in [9.17, 15) is 23.2 Å². The first-order valence-electron chi connectivity index (χ1n) is 11.5. The summed E-state index contributed by atoms with van der Waals surface area (Å²) in [7, 11) is 0. The van der Waals surface area contributed by atoms with E-state index in [4.69, 9.17) is 4.74 Å². The monoisotopic (exact) mass is 464 g/mol. The van der Waals surface area contributed by atoms with E-state index in [-0.39, 0.29) is 23.3 Å². The largest absolute Gasteiger partial charge is 0.379 e. The van der Waals surface area contributed by atoms with Gasteiger partial charge in [-0.05, 0) is 25.0 Å². The van der Waals surface area contributed by atoms with Gasteiger partial charge in [0.15, 0.2) is 0 Å². The molecule has 0 saturated carbocycles. The van der Waals surface area contributed by atoms with Gasteiger partial charge in [0.05, 0.1) is 25.3 Å². The van der Waals surface area contributed by atoms with Crippen LogP contribution in [0.4, 0.5) is 8.78 Å². The fourth-order valence-electron chi connectivity index (χ4n) is 4.65. The van der Waals surface area contributed by atoms with E-state index in [1.807, 2.05) is 4.90 Å². The van der Waals surface area contributed by atoms with E-state index >= 15 is 0 Å². The molecule has 3 aliphatic rings. The second-order valence-electron chi connectivity index (χ2n) is 8.79. The van der Waals surface area contributed by atoms with Crippen LogP contribution in [0.15, 0.2) is 18.2 Å². The third-order valence-corrected chi connectivity index (χ3v) is 6.70. The molecular formula is C23H30F2N4O4. The topological polar surface area (TPSA) is 73.4 Å². The third-order valence-electron chi connectivity index (χ3n) is 6.70. The van der Waals surface area contributed by atoms with E-state index in [2.05, 4.69) is 4.90 Å². The van der Waals surface area contributed by atoms with Crippen molar-refractivity contribution in [2.45, 2.75) is 12.8 Å². The Morgan fingerprint density at radius 3 is 2.12 bits per heavy atom. The Morgan fingerprint density at radius 1 is 0.848 bits per heavy atom. The first-order chi connectivity index (χ1) is 15.9. The number of rotatable bonds is 4. The number of likely N-dealkylation sites (tertiary alicyclic amines) is 1. The summed E-state index contributed by atoms with van der Waals surface area (Å²) in [5.74, 6) is -2.14. The fraction of sp³-hybridized carbons (Fsp3) is 0.609. The minimum Gasteiger partial charge on any atom is -0.379 e. The maximum Gasteiger partial charge on any atom is 0.256 e. The van der Waals surface area contributed by atoms with Crippen molar-refractivity contribution in [2.24, 2.45) is 5.92 Å². The number of morpholine rings is 1. The van der Waals surface area contributed by atoms with Crippen molar-refractivity contribution in [2.75, 3.05) is 72.1 Å². The number of carbonyl (C=O) groups is 3. The Hall–Kier alpha value is -2.59. The van der Waals surface area contributed by atoms with Gasteiger partial charge < -0.3 is 19.4 Å². The highest BCUT2D eigenvalue weighted by atomic mass is 19.1. The maximum atomic E-state index is 13.9. The molecular weight excluding hydrogens is 434 g/mol. The molecule has 33 heavy (non-hydrogen) atoms. The highest BCUT2D eigenvalue weighted by Gasteiger charge is 2.33. The lowest BCUT2D eigenvalue weighted by Crippen LogP contribution is -2.55. The fourth-order valence-corrected chi connectivity index (χ4v) is 4.65. The van der Waals surface area contributed by atoms with Crippen LogP contribution in [0.2, 0.25) is 0 Å². The molecule has 3 saturated heterocycles. The van der Waals surface area contributed by atoms with Crippen LogP contribution in [0.1, 0.15) is 23.2 Å². The zero-order chi connectivity index (χ0) is 23.4. The van der Waals surface area contributed by atoms with Crippen molar-refractivity contribution < 1.29 is 27.9 Å². The standard InChI is InChI=1S/C23H30F2N4O4/c24-18-1-2-19(20(25)15-18)23(32)28-5-3-17(4-6-28)22(31)29-9-7-27(8-10-29)21(30)16-26-11-13-33-14-12-26/h1-2,15,17H,3-14,16H2. The lowest BCUT2D eigenvalue weighted by molar-refractivity contribution is -0.143. The van der Waals surface area contributed by atoms with E-state index in [0.717, 1.165) is 25.2 Å². The molecule has 0 radical (unpaired) electrons. The number of ether oxygens (including phenoxy) is 1. The molecule has 10 heteroatoms. The molecule has 180 valence electrons. The van der Waals surface area contributed by atoms with Crippen molar-refractivity contribution in [3.8, 4) is 0 Å². The number of carbonyl (C=O) groups excluding carboxylic acids is 3. The van der Waals surface area contributed by atoms with Crippen LogP contribution in [0.25, 0.3) is 0 Å². The first kappa shape index (κ1) is 23.6. The normalized spacial score (nSPS) is 20.7. The highest BCUT2D eigenvalue weighted by Crippen LogP contribution is 2.23. The van der Waals surface area contributed by atoms with Gasteiger partial charge in [-0.1, -0.05) is 0 Å². The van der Waals surface area contributed by atoms with Gasteiger partial charge in [-0.15, -0.1) is 0 Å². The Kier molecular flexibility index (Phi) is 7.54. The van der Waals surface area contributed by atoms with Crippen LogP contribution in [-0.4, -0.2) is 109 Å². The van der Waals surface area contributed by atoms with Gasteiger partial charge in [0.1, 0.15) is 11.6 Å². The number of amides is 3. The molecule has 1 aromatic carbocycles. The van der Waals surface area contributed by atoms with Crippen LogP contribution in [0.5, 0.6) is 0 Å².